The van der Waals surface area contributed by atoms with Gasteiger partial charge >= 0.3 is 0 Å². The lowest BCUT2D eigenvalue weighted by Crippen LogP contribution is -2.47. The van der Waals surface area contributed by atoms with Gasteiger partial charge in [0.05, 0.1) is 6.42 Å². The first-order valence-electron chi connectivity index (χ1n) is 12.3. The molecular weight excluding hydrogens is 484 g/mol. The Bertz CT molecular complexity index is 1070. The van der Waals surface area contributed by atoms with Crippen molar-refractivity contribution in [2.24, 2.45) is 0 Å². The minimum atomic E-state index is -0.645. The first kappa shape index (κ1) is 26.0. The summed E-state index contributed by atoms with van der Waals surface area (Å²) < 4.78 is 26.3. The van der Waals surface area contributed by atoms with Crippen LogP contribution in [-0.2, 0) is 9.59 Å². The molecule has 1 atom stereocenters. The lowest BCUT2D eigenvalue weighted by Gasteiger charge is -2.36. The van der Waals surface area contributed by atoms with Gasteiger partial charge in [-0.25, -0.2) is 8.78 Å². The van der Waals surface area contributed by atoms with Crippen molar-refractivity contribution in [1.82, 2.24) is 14.7 Å². The lowest BCUT2D eigenvalue weighted by molar-refractivity contribution is -0.130. The summed E-state index contributed by atoms with van der Waals surface area (Å²) in [6.45, 7) is 7.26. The van der Waals surface area contributed by atoms with Gasteiger partial charge in [0.15, 0.2) is 5.11 Å². The van der Waals surface area contributed by atoms with E-state index in [2.05, 4.69) is 15.1 Å². The van der Waals surface area contributed by atoms with Crippen molar-refractivity contribution in [2.45, 2.75) is 25.8 Å². The van der Waals surface area contributed by atoms with Crippen LogP contribution in [0.3, 0.4) is 0 Å². The molecule has 0 bridgehead atoms. The van der Waals surface area contributed by atoms with Crippen molar-refractivity contribution in [3.8, 4) is 0 Å². The second kappa shape index (κ2) is 11.7. The van der Waals surface area contributed by atoms with E-state index < -0.39 is 6.04 Å². The molecule has 7 nitrogen and oxygen atoms in total. The Morgan fingerprint density at radius 3 is 2.19 bits per heavy atom. The number of carbonyl (C=O) groups excluding carboxylic acids is 2. The quantitative estimate of drug-likeness (QED) is 0.517. The third-order valence-electron chi connectivity index (χ3n) is 6.66. The second-order valence-corrected chi connectivity index (χ2v) is 9.36. The van der Waals surface area contributed by atoms with Crippen LogP contribution in [0.2, 0.25) is 0 Å². The SMILES string of the molecule is CCN1C(=O)[C@@H](CC(=O)Nc2ccc(F)cc2)N(CCCN2CCN(c3ccc(F)cc3)CC2)C1=S. The Hall–Kier alpha value is -3.11. The highest BCUT2D eigenvalue weighted by molar-refractivity contribution is 7.80. The van der Waals surface area contributed by atoms with Crippen molar-refractivity contribution >= 4 is 40.5 Å². The first-order chi connectivity index (χ1) is 17.4. The standard InChI is InChI=1S/C26H31F2N5O2S/c1-2-32-25(35)23(18-24(34)29-21-8-4-19(27)5-9-21)33(26(32)36)13-3-12-30-14-16-31(17-15-30)22-10-6-20(28)7-11-22/h4-11,23H,2-3,12-18H2,1H3,(H,29,34)/t23-/m1/s1. The van der Waals surface area contributed by atoms with Gasteiger partial charge in [0.1, 0.15) is 17.7 Å². The molecule has 2 saturated heterocycles. The molecule has 2 aromatic rings. The molecule has 2 heterocycles. The van der Waals surface area contributed by atoms with E-state index in [1.54, 1.807) is 4.90 Å². The molecule has 2 aliphatic heterocycles. The highest BCUT2D eigenvalue weighted by atomic mass is 32.1. The number of hydrogen-bond acceptors (Lipinski definition) is 5. The van der Waals surface area contributed by atoms with Gasteiger partial charge in [0, 0.05) is 50.6 Å². The summed E-state index contributed by atoms with van der Waals surface area (Å²) >= 11 is 5.57. The third-order valence-corrected chi connectivity index (χ3v) is 7.12. The summed E-state index contributed by atoms with van der Waals surface area (Å²) in [4.78, 5) is 33.7. The van der Waals surface area contributed by atoms with Crippen molar-refractivity contribution in [3.05, 3.63) is 60.2 Å². The average molecular weight is 516 g/mol. The van der Waals surface area contributed by atoms with Crippen molar-refractivity contribution < 1.29 is 18.4 Å². The number of anilines is 2. The van der Waals surface area contributed by atoms with Gasteiger partial charge in [0.25, 0.3) is 5.91 Å². The Labute approximate surface area is 215 Å². The number of nitrogens with one attached hydrogen (secondary N) is 1. The summed E-state index contributed by atoms with van der Waals surface area (Å²) in [5, 5.41) is 3.19. The van der Waals surface area contributed by atoms with Crippen molar-refractivity contribution in [1.29, 1.82) is 0 Å². The summed E-state index contributed by atoms with van der Waals surface area (Å²) in [5.74, 6) is -1.10. The van der Waals surface area contributed by atoms with Crippen LogP contribution in [0, 0.1) is 11.6 Å². The maximum Gasteiger partial charge on any atom is 0.252 e. The largest absolute Gasteiger partial charge is 0.369 e. The van der Waals surface area contributed by atoms with E-state index in [1.807, 2.05) is 24.0 Å². The normalized spacial score (nSPS) is 18.8. The molecule has 2 aromatic carbocycles. The minimum absolute atomic E-state index is 0.0246. The zero-order chi connectivity index (χ0) is 25.7. The molecule has 2 fully saturated rings. The molecule has 4 rings (SSSR count). The highest BCUT2D eigenvalue weighted by Gasteiger charge is 2.42. The molecule has 0 aliphatic carbocycles. The lowest BCUT2D eigenvalue weighted by atomic mass is 10.1. The summed E-state index contributed by atoms with van der Waals surface area (Å²) in [6, 6.07) is 11.5. The van der Waals surface area contributed by atoms with Gasteiger partial charge in [-0.05, 0) is 80.6 Å². The number of likely N-dealkylation sites (N-methyl/N-ethyl adjacent to an activating group) is 1. The van der Waals surface area contributed by atoms with Crippen LogP contribution in [0.1, 0.15) is 19.8 Å². The molecule has 0 spiro atoms. The number of nitrogens with zero attached hydrogens (tertiary/aromatic N) is 4. The first-order valence-corrected chi connectivity index (χ1v) is 12.7. The van der Waals surface area contributed by atoms with Crippen LogP contribution >= 0.6 is 12.2 Å². The van der Waals surface area contributed by atoms with E-state index in [1.165, 1.54) is 36.4 Å². The Balaban J connectivity index is 1.28. The highest BCUT2D eigenvalue weighted by Crippen LogP contribution is 2.22. The van der Waals surface area contributed by atoms with Crippen LogP contribution in [0.15, 0.2) is 48.5 Å². The van der Waals surface area contributed by atoms with Crippen LogP contribution in [-0.4, -0.2) is 83.5 Å². The van der Waals surface area contributed by atoms with E-state index in [-0.39, 0.29) is 29.9 Å². The fourth-order valence-corrected chi connectivity index (χ4v) is 5.14. The molecular formula is C26H31F2N5O2S. The molecule has 2 aliphatic rings. The zero-order valence-corrected chi connectivity index (χ0v) is 21.1. The maximum atomic E-state index is 13.2. The van der Waals surface area contributed by atoms with Gasteiger partial charge in [-0.3, -0.25) is 19.4 Å². The Morgan fingerprint density at radius 2 is 1.58 bits per heavy atom. The molecule has 0 aromatic heterocycles. The van der Waals surface area contributed by atoms with Crippen molar-refractivity contribution in [2.75, 3.05) is 56.0 Å². The molecule has 1 N–H and O–H groups in total. The van der Waals surface area contributed by atoms with Gasteiger partial charge < -0.3 is 15.1 Å². The van der Waals surface area contributed by atoms with E-state index in [4.69, 9.17) is 12.2 Å². The third kappa shape index (κ3) is 6.17. The Kier molecular flexibility index (Phi) is 8.48. The molecule has 36 heavy (non-hydrogen) atoms. The van der Waals surface area contributed by atoms with Crippen LogP contribution in [0.5, 0.6) is 0 Å². The molecule has 0 radical (unpaired) electrons. The summed E-state index contributed by atoms with van der Waals surface area (Å²) in [6.07, 6.45) is 0.779. The fourth-order valence-electron chi connectivity index (χ4n) is 4.70. The van der Waals surface area contributed by atoms with E-state index in [0.717, 1.165) is 44.8 Å². The topological polar surface area (TPSA) is 59.1 Å². The molecule has 10 heteroatoms. The van der Waals surface area contributed by atoms with Crippen molar-refractivity contribution in [3.63, 3.8) is 0 Å². The average Bonchev–Trinajstić information content (AvgIpc) is 3.09. The molecule has 192 valence electrons. The maximum absolute atomic E-state index is 13.2. The number of benzene rings is 2. The predicted octanol–water partition coefficient (Wildman–Crippen LogP) is 3.32. The number of thiocarbonyl (C=S) groups is 1. The number of amides is 2. The smallest absolute Gasteiger partial charge is 0.252 e. The van der Waals surface area contributed by atoms with Crippen LogP contribution < -0.4 is 10.2 Å². The molecule has 0 saturated carbocycles. The van der Waals surface area contributed by atoms with Crippen LogP contribution in [0.4, 0.5) is 20.2 Å². The summed E-state index contributed by atoms with van der Waals surface area (Å²) in [5.41, 5.74) is 1.51. The number of rotatable bonds is 9. The summed E-state index contributed by atoms with van der Waals surface area (Å²) in [7, 11) is 0. The second-order valence-electron chi connectivity index (χ2n) is 8.99. The van der Waals surface area contributed by atoms with Crippen LogP contribution in [0.25, 0.3) is 0 Å². The minimum Gasteiger partial charge on any atom is -0.369 e. The molecule has 2 amide bonds. The monoisotopic (exact) mass is 515 g/mol. The van der Waals surface area contributed by atoms with E-state index in [9.17, 15) is 18.4 Å². The fraction of sp³-hybridized carbons (Fsp3) is 0.423. The number of carbonyl (C=O) groups is 2. The van der Waals surface area contributed by atoms with E-state index >= 15 is 0 Å². The van der Waals surface area contributed by atoms with Gasteiger partial charge in [-0.15, -0.1) is 0 Å². The zero-order valence-electron chi connectivity index (χ0n) is 20.3. The number of hydrogen-bond donors (Lipinski definition) is 1. The number of piperazine rings is 1. The van der Waals surface area contributed by atoms with Gasteiger partial charge in [-0.1, -0.05) is 0 Å². The Morgan fingerprint density at radius 1 is 0.972 bits per heavy atom. The van der Waals surface area contributed by atoms with Gasteiger partial charge in [-0.2, -0.15) is 0 Å². The van der Waals surface area contributed by atoms with Gasteiger partial charge in [0.2, 0.25) is 5.91 Å². The number of halogens is 2. The predicted molar refractivity (Wildman–Crippen MR) is 140 cm³/mol. The van der Waals surface area contributed by atoms with E-state index in [0.29, 0.717) is 23.9 Å². The molecule has 0 unspecified atom stereocenters.